The fourth-order valence-corrected chi connectivity index (χ4v) is 3.84. The fraction of sp³-hybridized carbons (Fsp3) is 0.714. The maximum atomic E-state index is 4.80. The first-order valence-electron chi connectivity index (χ1n) is 10.4. The lowest BCUT2D eigenvalue weighted by Crippen LogP contribution is -2.25. The van der Waals surface area contributed by atoms with Crippen LogP contribution in [0.3, 0.4) is 0 Å². The number of aryl methyl sites for hydroxylation is 2. The molecule has 1 aliphatic heterocycles. The number of unbranched alkanes of at least 4 members (excludes halogenated alkanes) is 3. The molecule has 4 heteroatoms. The topological polar surface area (TPSA) is 44.8 Å². The quantitative estimate of drug-likeness (QED) is 0.660. The number of hydrogen-bond donors (Lipinski definition) is 1. The predicted octanol–water partition coefficient (Wildman–Crippen LogP) is 4.89. The van der Waals surface area contributed by atoms with Crippen LogP contribution in [0.4, 0.5) is 0 Å². The van der Waals surface area contributed by atoms with E-state index in [0.717, 1.165) is 29.7 Å². The molecule has 0 saturated carbocycles. The molecule has 0 atom stereocenters. The molecular formula is C21H34N4. The first-order valence-corrected chi connectivity index (χ1v) is 10.4. The zero-order chi connectivity index (χ0) is 17.3. The van der Waals surface area contributed by atoms with Crippen molar-refractivity contribution in [2.75, 3.05) is 19.6 Å². The summed E-state index contributed by atoms with van der Waals surface area (Å²) in [6.07, 6.45) is 18.1. The second-order valence-electron chi connectivity index (χ2n) is 7.53. The highest BCUT2D eigenvalue weighted by atomic mass is 15.1. The summed E-state index contributed by atoms with van der Waals surface area (Å²) in [6.45, 7) is 6.14. The number of nitrogens with one attached hydrogen (secondary N) is 1. The van der Waals surface area contributed by atoms with Gasteiger partial charge >= 0.3 is 0 Å². The minimum Gasteiger partial charge on any atom is -0.358 e. The summed E-state index contributed by atoms with van der Waals surface area (Å²) in [4.78, 5) is 15.3. The molecule has 1 fully saturated rings. The van der Waals surface area contributed by atoms with Gasteiger partial charge in [-0.05, 0) is 63.7 Å². The van der Waals surface area contributed by atoms with E-state index >= 15 is 0 Å². The third kappa shape index (κ3) is 5.53. The van der Waals surface area contributed by atoms with Crippen molar-refractivity contribution >= 4 is 11.0 Å². The van der Waals surface area contributed by atoms with Crippen molar-refractivity contribution in [2.45, 2.75) is 77.6 Å². The smallest absolute Gasteiger partial charge is 0.129 e. The Morgan fingerprint density at radius 2 is 1.84 bits per heavy atom. The number of fused-ring (bicyclic) bond motifs is 1. The van der Waals surface area contributed by atoms with E-state index in [2.05, 4.69) is 28.0 Å². The molecular weight excluding hydrogens is 308 g/mol. The molecule has 0 bridgehead atoms. The summed E-state index contributed by atoms with van der Waals surface area (Å²) in [6, 6.07) is 0. The number of rotatable bonds is 9. The van der Waals surface area contributed by atoms with E-state index in [4.69, 9.17) is 4.98 Å². The molecule has 0 spiro atoms. The zero-order valence-corrected chi connectivity index (χ0v) is 15.9. The molecule has 0 radical (unpaired) electrons. The first kappa shape index (κ1) is 18.4. The molecule has 2 aromatic rings. The molecule has 0 aromatic carbocycles. The highest BCUT2D eigenvalue weighted by Gasteiger charge is 2.09. The molecule has 3 rings (SSSR count). The van der Waals surface area contributed by atoms with Crippen LogP contribution in [0.15, 0.2) is 12.4 Å². The van der Waals surface area contributed by atoms with Gasteiger partial charge in [-0.3, -0.25) is 0 Å². The Labute approximate surface area is 152 Å². The molecule has 3 heterocycles. The second kappa shape index (κ2) is 9.91. The van der Waals surface area contributed by atoms with Gasteiger partial charge in [-0.25, -0.2) is 9.97 Å². The van der Waals surface area contributed by atoms with E-state index in [0.29, 0.717) is 0 Å². The highest BCUT2D eigenvalue weighted by molar-refractivity contribution is 5.77. The van der Waals surface area contributed by atoms with Crippen LogP contribution < -0.4 is 0 Å². The maximum Gasteiger partial charge on any atom is 0.129 e. The van der Waals surface area contributed by atoms with Gasteiger partial charge in [0.2, 0.25) is 0 Å². The van der Waals surface area contributed by atoms with Crippen molar-refractivity contribution in [2.24, 2.45) is 0 Å². The Balaban J connectivity index is 1.44. The summed E-state index contributed by atoms with van der Waals surface area (Å²) in [5.74, 6) is 0.997. The van der Waals surface area contributed by atoms with Crippen molar-refractivity contribution in [1.29, 1.82) is 0 Å². The molecule has 0 aliphatic carbocycles. The largest absolute Gasteiger partial charge is 0.358 e. The molecule has 1 N–H and O–H groups in total. The molecule has 4 nitrogen and oxygen atoms in total. The van der Waals surface area contributed by atoms with E-state index in [9.17, 15) is 0 Å². The van der Waals surface area contributed by atoms with Crippen LogP contribution in [0.1, 0.15) is 76.1 Å². The van der Waals surface area contributed by atoms with Gasteiger partial charge in [-0.1, -0.05) is 32.6 Å². The average Bonchev–Trinajstić information content (AvgIpc) is 2.85. The summed E-state index contributed by atoms with van der Waals surface area (Å²) in [5.41, 5.74) is 3.60. The number of H-pyrrole nitrogens is 1. The lowest BCUT2D eigenvalue weighted by molar-refractivity contribution is 0.278. The van der Waals surface area contributed by atoms with Crippen molar-refractivity contribution in [3.05, 3.63) is 23.8 Å². The fourth-order valence-electron chi connectivity index (χ4n) is 3.84. The third-order valence-corrected chi connectivity index (χ3v) is 5.42. The van der Waals surface area contributed by atoms with Gasteiger partial charge in [0.1, 0.15) is 5.82 Å². The molecule has 0 amide bonds. The Hall–Kier alpha value is -1.42. The van der Waals surface area contributed by atoms with Crippen LogP contribution in [0.2, 0.25) is 0 Å². The number of aromatic nitrogens is 3. The standard InChI is InChI=1S/C21H34N4/c1-2-3-12-20-23-17-19-21(24-20)18(16-22-19)11-7-6-10-15-25-13-8-4-5-9-14-25/h16-17,22H,2-15H2,1H3. The minimum atomic E-state index is 0.993. The number of likely N-dealkylation sites (tertiary alicyclic amines) is 1. The number of nitrogens with zero attached hydrogens (tertiary/aromatic N) is 3. The van der Waals surface area contributed by atoms with E-state index < -0.39 is 0 Å². The second-order valence-corrected chi connectivity index (χ2v) is 7.53. The normalized spacial score (nSPS) is 16.4. The van der Waals surface area contributed by atoms with E-state index in [1.54, 1.807) is 0 Å². The van der Waals surface area contributed by atoms with Crippen molar-refractivity contribution in [1.82, 2.24) is 19.9 Å². The number of aromatic amines is 1. The average molecular weight is 343 g/mol. The van der Waals surface area contributed by atoms with Crippen molar-refractivity contribution in [3.8, 4) is 0 Å². The van der Waals surface area contributed by atoms with Gasteiger partial charge in [0.15, 0.2) is 0 Å². The monoisotopic (exact) mass is 342 g/mol. The maximum absolute atomic E-state index is 4.80. The summed E-state index contributed by atoms with van der Waals surface area (Å²) in [7, 11) is 0. The van der Waals surface area contributed by atoms with Crippen LogP contribution >= 0.6 is 0 Å². The summed E-state index contributed by atoms with van der Waals surface area (Å²) in [5, 5.41) is 0. The van der Waals surface area contributed by atoms with Crippen LogP contribution in [-0.4, -0.2) is 39.5 Å². The van der Waals surface area contributed by atoms with Crippen molar-refractivity contribution in [3.63, 3.8) is 0 Å². The molecule has 1 saturated heterocycles. The van der Waals surface area contributed by atoms with Gasteiger partial charge < -0.3 is 9.88 Å². The minimum absolute atomic E-state index is 0.993. The molecule has 25 heavy (non-hydrogen) atoms. The van der Waals surface area contributed by atoms with Crippen LogP contribution in [-0.2, 0) is 12.8 Å². The Kier molecular flexibility index (Phi) is 7.28. The van der Waals surface area contributed by atoms with Crippen LogP contribution in [0, 0.1) is 0 Å². The molecule has 1 aliphatic rings. The van der Waals surface area contributed by atoms with Gasteiger partial charge in [0.05, 0.1) is 17.2 Å². The zero-order valence-electron chi connectivity index (χ0n) is 15.9. The SMILES string of the molecule is CCCCc1ncc2[nH]cc(CCCCCN3CCCCCC3)c2n1. The van der Waals surface area contributed by atoms with Crippen molar-refractivity contribution < 1.29 is 0 Å². The summed E-state index contributed by atoms with van der Waals surface area (Å²) < 4.78 is 0. The highest BCUT2D eigenvalue weighted by Crippen LogP contribution is 2.19. The molecule has 2 aromatic heterocycles. The van der Waals surface area contributed by atoms with Gasteiger partial charge in [0, 0.05) is 12.6 Å². The van der Waals surface area contributed by atoms with Gasteiger partial charge in [-0.2, -0.15) is 0 Å². The molecule has 0 unspecified atom stereocenters. The van der Waals surface area contributed by atoms with E-state index in [1.165, 1.54) is 83.0 Å². The number of hydrogen-bond acceptors (Lipinski definition) is 3. The Bertz CT molecular complexity index is 626. The van der Waals surface area contributed by atoms with Gasteiger partial charge in [0.25, 0.3) is 0 Å². The molecule has 138 valence electrons. The van der Waals surface area contributed by atoms with E-state index in [1.807, 2.05) is 6.20 Å². The van der Waals surface area contributed by atoms with Gasteiger partial charge in [-0.15, -0.1) is 0 Å². The predicted molar refractivity (Wildman–Crippen MR) is 105 cm³/mol. The van der Waals surface area contributed by atoms with Crippen LogP contribution in [0.25, 0.3) is 11.0 Å². The third-order valence-electron chi connectivity index (χ3n) is 5.42. The first-order chi connectivity index (χ1) is 12.4. The Morgan fingerprint density at radius 3 is 2.64 bits per heavy atom. The summed E-state index contributed by atoms with van der Waals surface area (Å²) >= 11 is 0. The Morgan fingerprint density at radius 1 is 1.00 bits per heavy atom. The lowest BCUT2D eigenvalue weighted by Gasteiger charge is -2.19. The van der Waals surface area contributed by atoms with Crippen LogP contribution in [0.5, 0.6) is 0 Å². The lowest BCUT2D eigenvalue weighted by atomic mass is 10.1. The van der Waals surface area contributed by atoms with E-state index in [-0.39, 0.29) is 0 Å².